The number of hydrogen-bond acceptors (Lipinski definition) is 5. The molecule has 0 aromatic heterocycles. The number of anilines is 2. The van der Waals surface area contributed by atoms with Gasteiger partial charge >= 0.3 is 0 Å². The van der Waals surface area contributed by atoms with E-state index in [1.807, 2.05) is 12.1 Å². The van der Waals surface area contributed by atoms with E-state index >= 15 is 0 Å². The van der Waals surface area contributed by atoms with Crippen molar-refractivity contribution in [2.24, 2.45) is 0 Å². The average Bonchev–Trinajstić information content (AvgIpc) is 2.58. The number of piperidine rings is 1. The first kappa shape index (κ1) is 16.4. The first-order valence-corrected chi connectivity index (χ1v) is 8.42. The number of nitrogens with one attached hydrogen (secondary N) is 2. The van der Waals surface area contributed by atoms with Gasteiger partial charge in [-0.1, -0.05) is 0 Å². The lowest BCUT2D eigenvalue weighted by Gasteiger charge is -2.31. The summed E-state index contributed by atoms with van der Waals surface area (Å²) < 4.78 is 0. The third kappa shape index (κ3) is 3.53. The first-order valence-electron chi connectivity index (χ1n) is 8.42. The number of amides is 2. The van der Waals surface area contributed by atoms with Crippen molar-refractivity contribution in [3.63, 3.8) is 0 Å². The molecule has 24 heavy (non-hydrogen) atoms. The van der Waals surface area contributed by atoms with Crippen LogP contribution in [0.2, 0.25) is 12.6 Å². The summed E-state index contributed by atoms with van der Waals surface area (Å²) >= 11 is 0. The molecule has 3 rings (SSSR count). The Morgan fingerprint density at radius 2 is 2.08 bits per heavy atom. The van der Waals surface area contributed by atoms with Gasteiger partial charge in [-0.15, -0.1) is 0 Å². The van der Waals surface area contributed by atoms with Gasteiger partial charge in [0.25, 0.3) is 6.71 Å². The molecule has 0 saturated carbocycles. The summed E-state index contributed by atoms with van der Waals surface area (Å²) in [6.45, 7) is 4.04. The van der Waals surface area contributed by atoms with Gasteiger partial charge in [-0.05, 0) is 49.7 Å². The zero-order chi connectivity index (χ0) is 17.1. The molecular weight excluding hydrogens is 303 g/mol. The Balaban J connectivity index is 1.66. The van der Waals surface area contributed by atoms with Crippen LogP contribution in [0.5, 0.6) is 0 Å². The fourth-order valence-corrected chi connectivity index (χ4v) is 3.38. The molecular formula is C17H21BN4O2. The number of hydrogen-bond donors (Lipinski definition) is 2. The lowest BCUT2D eigenvalue weighted by molar-refractivity contribution is -0.133. The summed E-state index contributed by atoms with van der Waals surface area (Å²) in [7, 11) is 0. The fraction of sp³-hybridized carbons (Fsp3) is 0.471. The molecule has 0 spiro atoms. The number of aryl methyl sites for hydroxylation is 1. The van der Waals surface area contributed by atoms with E-state index in [0.717, 1.165) is 37.0 Å². The summed E-state index contributed by atoms with van der Waals surface area (Å²) in [6.07, 6.45) is 2.71. The van der Waals surface area contributed by atoms with Crippen molar-refractivity contribution in [1.29, 1.82) is 5.26 Å². The Bertz CT molecular complexity index is 692. The Kier molecular flexibility index (Phi) is 4.75. The number of rotatable bonds is 3. The van der Waals surface area contributed by atoms with Gasteiger partial charge < -0.3 is 10.2 Å². The molecule has 1 atom stereocenters. The van der Waals surface area contributed by atoms with Crippen LogP contribution < -0.4 is 15.5 Å². The van der Waals surface area contributed by atoms with E-state index in [2.05, 4.69) is 34.5 Å². The zero-order valence-electron chi connectivity index (χ0n) is 13.8. The van der Waals surface area contributed by atoms with Crippen molar-refractivity contribution in [3.8, 4) is 5.97 Å². The molecule has 0 radical (unpaired) electrons. The Labute approximate surface area is 142 Å². The fourth-order valence-electron chi connectivity index (χ4n) is 3.38. The molecule has 1 aromatic rings. The van der Waals surface area contributed by atoms with E-state index in [0.29, 0.717) is 12.8 Å². The van der Waals surface area contributed by atoms with Crippen LogP contribution in [0, 0.1) is 18.2 Å². The van der Waals surface area contributed by atoms with Gasteiger partial charge in [0.05, 0.1) is 0 Å². The summed E-state index contributed by atoms with van der Waals surface area (Å²) in [5.41, 5.74) is 3.21. The molecule has 1 unspecified atom stereocenters. The van der Waals surface area contributed by atoms with Crippen molar-refractivity contribution in [3.05, 3.63) is 23.8 Å². The highest BCUT2D eigenvalue weighted by molar-refractivity contribution is 6.67. The van der Waals surface area contributed by atoms with Gasteiger partial charge in [0, 0.05) is 36.9 Å². The van der Waals surface area contributed by atoms with E-state index in [-0.39, 0.29) is 24.6 Å². The van der Waals surface area contributed by atoms with Gasteiger partial charge in [-0.25, -0.2) is 5.26 Å². The van der Waals surface area contributed by atoms with Gasteiger partial charge in [-0.2, -0.15) is 0 Å². The van der Waals surface area contributed by atoms with Crippen molar-refractivity contribution in [1.82, 2.24) is 5.32 Å². The second-order valence-electron chi connectivity index (χ2n) is 6.54. The van der Waals surface area contributed by atoms with Crippen molar-refractivity contribution >= 4 is 29.9 Å². The lowest BCUT2D eigenvalue weighted by atomic mass is 9.45. The van der Waals surface area contributed by atoms with Crippen LogP contribution in [0.3, 0.4) is 0 Å². The van der Waals surface area contributed by atoms with E-state index in [9.17, 15) is 9.59 Å². The summed E-state index contributed by atoms with van der Waals surface area (Å²) in [5.74, 6) is 1.89. The second-order valence-corrected chi connectivity index (χ2v) is 6.54. The van der Waals surface area contributed by atoms with Crippen LogP contribution in [-0.2, 0) is 9.59 Å². The van der Waals surface area contributed by atoms with E-state index < -0.39 is 0 Å². The topological polar surface area (TPSA) is 85.2 Å². The van der Waals surface area contributed by atoms with Crippen molar-refractivity contribution in [2.45, 2.75) is 38.4 Å². The Morgan fingerprint density at radius 1 is 1.33 bits per heavy atom. The molecule has 2 aliphatic rings. The number of nitriles is 1. The smallest absolute Gasteiger partial charge is 0.271 e. The maximum Gasteiger partial charge on any atom is 0.271 e. The van der Waals surface area contributed by atoms with Crippen LogP contribution in [-0.4, -0.2) is 37.7 Å². The first-order chi connectivity index (χ1) is 11.6. The van der Waals surface area contributed by atoms with Crippen LogP contribution >= 0.6 is 0 Å². The van der Waals surface area contributed by atoms with Crippen LogP contribution in [0.4, 0.5) is 11.4 Å². The molecule has 124 valence electrons. The van der Waals surface area contributed by atoms with Crippen LogP contribution in [0.1, 0.15) is 18.4 Å². The number of imide groups is 1. The SMILES string of the molecule is Cc1cc(NC2CCC(=O)NC2=O)ccc1N1CCB(C#N)CC1. The zero-order valence-corrected chi connectivity index (χ0v) is 13.8. The number of carbonyl (C=O) groups excluding carboxylic acids is 2. The average molecular weight is 324 g/mol. The minimum Gasteiger partial charge on any atom is -0.374 e. The van der Waals surface area contributed by atoms with Crippen molar-refractivity contribution < 1.29 is 9.59 Å². The van der Waals surface area contributed by atoms with Gasteiger partial charge in [0.15, 0.2) is 0 Å². The summed E-state index contributed by atoms with van der Waals surface area (Å²) in [6, 6.07) is 5.72. The minimum absolute atomic E-state index is 0.176. The van der Waals surface area contributed by atoms with Crippen LogP contribution in [0.25, 0.3) is 0 Å². The lowest BCUT2D eigenvalue weighted by Crippen LogP contribution is -2.47. The maximum atomic E-state index is 11.8. The predicted octanol–water partition coefficient (Wildman–Crippen LogP) is 1.59. The molecule has 2 heterocycles. The number of nitrogens with zero attached hydrogens (tertiary/aromatic N) is 2. The van der Waals surface area contributed by atoms with E-state index in [4.69, 9.17) is 5.26 Å². The minimum atomic E-state index is -0.362. The third-order valence-electron chi connectivity index (χ3n) is 4.80. The molecule has 2 fully saturated rings. The largest absolute Gasteiger partial charge is 0.374 e. The van der Waals surface area contributed by atoms with Crippen LogP contribution in [0.15, 0.2) is 18.2 Å². The molecule has 2 saturated heterocycles. The monoisotopic (exact) mass is 324 g/mol. The standard InChI is InChI=1S/C17H21BN4O2/c1-12-10-13(20-14-3-5-16(23)21-17(14)24)2-4-15(12)22-8-6-18(11-19)7-9-22/h2,4,10,14,20H,3,5-9H2,1H3,(H,21,23,24). The molecule has 6 nitrogen and oxygen atoms in total. The molecule has 2 aliphatic heterocycles. The van der Waals surface area contributed by atoms with Crippen molar-refractivity contribution in [2.75, 3.05) is 23.3 Å². The third-order valence-corrected chi connectivity index (χ3v) is 4.80. The highest BCUT2D eigenvalue weighted by Crippen LogP contribution is 2.27. The highest BCUT2D eigenvalue weighted by Gasteiger charge is 2.27. The molecule has 0 aliphatic carbocycles. The van der Waals surface area contributed by atoms with E-state index in [1.54, 1.807) is 0 Å². The van der Waals surface area contributed by atoms with Gasteiger partial charge in [0.2, 0.25) is 11.8 Å². The maximum absolute atomic E-state index is 11.8. The second kappa shape index (κ2) is 6.96. The van der Waals surface area contributed by atoms with Gasteiger partial charge in [-0.3, -0.25) is 14.9 Å². The number of benzene rings is 1. The quantitative estimate of drug-likeness (QED) is 0.651. The summed E-state index contributed by atoms with van der Waals surface area (Å²) in [4.78, 5) is 25.4. The molecule has 2 amide bonds. The predicted molar refractivity (Wildman–Crippen MR) is 94.2 cm³/mol. The Morgan fingerprint density at radius 3 is 2.71 bits per heavy atom. The molecule has 2 N–H and O–H groups in total. The number of carbonyl (C=O) groups is 2. The normalized spacial score (nSPS) is 21.2. The van der Waals surface area contributed by atoms with Gasteiger partial charge in [0.1, 0.15) is 6.04 Å². The Hall–Kier alpha value is -2.49. The molecule has 7 heteroatoms. The van der Waals surface area contributed by atoms with E-state index in [1.165, 1.54) is 5.69 Å². The highest BCUT2D eigenvalue weighted by atomic mass is 16.2. The molecule has 1 aromatic carbocycles. The molecule has 0 bridgehead atoms. The summed E-state index contributed by atoms with van der Waals surface area (Å²) in [5, 5.41) is 14.6.